The molecule has 1 amide bonds. The number of carbonyl (C=O) groups is 1. The van der Waals surface area contributed by atoms with E-state index in [1.807, 2.05) is 55.3 Å². The van der Waals surface area contributed by atoms with Gasteiger partial charge in [-0.15, -0.1) is 0 Å². The van der Waals surface area contributed by atoms with Gasteiger partial charge in [-0.05, 0) is 50.8 Å². The third-order valence-corrected chi connectivity index (χ3v) is 5.98. The molecule has 3 heterocycles. The molecule has 0 radical (unpaired) electrons. The van der Waals surface area contributed by atoms with Gasteiger partial charge in [0.25, 0.3) is 5.91 Å². The van der Waals surface area contributed by atoms with Gasteiger partial charge in [0.1, 0.15) is 6.07 Å². The van der Waals surface area contributed by atoms with Crippen LogP contribution in [0.5, 0.6) is 0 Å². The van der Waals surface area contributed by atoms with Crippen LogP contribution in [0.4, 0.5) is 5.95 Å². The summed E-state index contributed by atoms with van der Waals surface area (Å²) in [5, 5.41) is 16.7. The predicted octanol–water partition coefficient (Wildman–Crippen LogP) is 3.50. The number of hydrogen-bond donors (Lipinski definition) is 1. The van der Waals surface area contributed by atoms with Crippen LogP contribution in [-0.4, -0.2) is 49.7 Å². The third-order valence-electron chi connectivity index (χ3n) is 5.98. The lowest BCUT2D eigenvalue weighted by Crippen LogP contribution is -2.51. The van der Waals surface area contributed by atoms with Crippen LogP contribution in [0.2, 0.25) is 0 Å². The molecule has 8 nitrogen and oxygen atoms in total. The Hall–Kier alpha value is -3.73. The minimum Gasteiger partial charge on any atom is -0.352 e. The standard InChI is InChI=1S/C24H27N7O/c1-16-6-7-21(31-10-8-18(3)29-31)20(11-16)23(32)30-9-4-5-17(2)22(30)15-28-24-26-13-19(12-25)14-27-24/h6-8,10-11,13-14,17,22H,4-5,9,15H2,1-3H3,(H,26,27,28). The van der Waals surface area contributed by atoms with Gasteiger partial charge in [-0.3, -0.25) is 4.79 Å². The van der Waals surface area contributed by atoms with Crippen LogP contribution in [0.3, 0.4) is 0 Å². The van der Waals surface area contributed by atoms with Crippen LogP contribution >= 0.6 is 0 Å². The summed E-state index contributed by atoms with van der Waals surface area (Å²) in [5.74, 6) is 0.798. The summed E-state index contributed by atoms with van der Waals surface area (Å²) in [5.41, 5.74) is 3.79. The molecule has 0 aliphatic carbocycles. The quantitative estimate of drug-likeness (QED) is 0.666. The maximum Gasteiger partial charge on any atom is 0.256 e. The van der Waals surface area contributed by atoms with Crippen molar-refractivity contribution in [1.29, 1.82) is 5.26 Å². The Kier molecular flexibility index (Phi) is 6.17. The second kappa shape index (κ2) is 9.18. The van der Waals surface area contributed by atoms with Crippen molar-refractivity contribution in [2.45, 2.75) is 39.7 Å². The average Bonchev–Trinajstić information content (AvgIpc) is 3.24. The lowest BCUT2D eigenvalue weighted by Gasteiger charge is -2.40. The van der Waals surface area contributed by atoms with Gasteiger partial charge in [0.05, 0.1) is 40.9 Å². The van der Waals surface area contributed by atoms with Gasteiger partial charge in [0.2, 0.25) is 5.95 Å². The number of carbonyl (C=O) groups excluding carboxylic acids is 1. The smallest absolute Gasteiger partial charge is 0.256 e. The Morgan fingerprint density at radius 1 is 1.25 bits per heavy atom. The molecule has 8 heteroatoms. The average molecular weight is 430 g/mol. The maximum absolute atomic E-state index is 13.8. The minimum absolute atomic E-state index is 0.00298. The molecule has 1 N–H and O–H groups in total. The van der Waals surface area contributed by atoms with E-state index in [2.05, 4.69) is 27.3 Å². The molecule has 2 unspecified atom stereocenters. The normalized spacial score (nSPS) is 18.2. The number of hydrogen-bond acceptors (Lipinski definition) is 6. The fourth-order valence-electron chi connectivity index (χ4n) is 4.21. The number of likely N-dealkylation sites (tertiary alicyclic amines) is 1. The zero-order chi connectivity index (χ0) is 22.7. The molecule has 32 heavy (non-hydrogen) atoms. The zero-order valence-electron chi connectivity index (χ0n) is 18.6. The molecule has 3 aromatic rings. The van der Waals surface area contributed by atoms with Crippen LogP contribution < -0.4 is 5.32 Å². The Bertz CT molecular complexity index is 1150. The zero-order valence-corrected chi connectivity index (χ0v) is 18.6. The Balaban J connectivity index is 1.60. The summed E-state index contributed by atoms with van der Waals surface area (Å²) in [6, 6.07) is 9.86. The lowest BCUT2D eigenvalue weighted by molar-refractivity contribution is 0.0539. The molecule has 2 aromatic heterocycles. The van der Waals surface area contributed by atoms with Crippen LogP contribution in [-0.2, 0) is 0 Å². The number of aryl methyl sites for hydroxylation is 2. The van der Waals surface area contributed by atoms with Crippen molar-refractivity contribution < 1.29 is 4.79 Å². The van der Waals surface area contributed by atoms with E-state index >= 15 is 0 Å². The largest absolute Gasteiger partial charge is 0.352 e. The van der Waals surface area contributed by atoms with Gasteiger partial charge in [-0.2, -0.15) is 10.4 Å². The molecule has 1 aliphatic heterocycles. The van der Waals surface area contributed by atoms with Crippen molar-refractivity contribution in [3.8, 4) is 11.8 Å². The van der Waals surface area contributed by atoms with E-state index in [0.29, 0.717) is 36.1 Å². The van der Waals surface area contributed by atoms with Crippen molar-refractivity contribution in [2.75, 3.05) is 18.4 Å². The molecule has 1 saturated heterocycles. The molecule has 2 atom stereocenters. The van der Waals surface area contributed by atoms with Gasteiger partial charge >= 0.3 is 0 Å². The van der Waals surface area contributed by atoms with Crippen molar-refractivity contribution in [2.24, 2.45) is 5.92 Å². The van der Waals surface area contributed by atoms with Crippen LogP contribution in [0, 0.1) is 31.1 Å². The van der Waals surface area contributed by atoms with E-state index in [-0.39, 0.29) is 11.9 Å². The Labute approximate surface area is 187 Å². The number of nitriles is 1. The summed E-state index contributed by atoms with van der Waals surface area (Å²) < 4.78 is 1.77. The molecular formula is C24H27N7O. The molecule has 164 valence electrons. The van der Waals surface area contributed by atoms with Gasteiger partial charge < -0.3 is 10.2 Å². The van der Waals surface area contributed by atoms with Gasteiger partial charge in [-0.1, -0.05) is 18.6 Å². The molecule has 4 rings (SSSR count). The van der Waals surface area contributed by atoms with Gasteiger partial charge in [0.15, 0.2) is 0 Å². The number of amides is 1. The van der Waals surface area contributed by atoms with E-state index in [4.69, 9.17) is 5.26 Å². The number of anilines is 1. The summed E-state index contributed by atoms with van der Waals surface area (Å²) in [7, 11) is 0. The Morgan fingerprint density at radius 2 is 2.03 bits per heavy atom. The van der Waals surface area contributed by atoms with Crippen LogP contribution in [0.15, 0.2) is 42.9 Å². The highest BCUT2D eigenvalue weighted by atomic mass is 16.2. The van der Waals surface area contributed by atoms with Crippen molar-refractivity contribution >= 4 is 11.9 Å². The maximum atomic E-state index is 13.8. The molecule has 1 fully saturated rings. The molecule has 0 bridgehead atoms. The van der Waals surface area contributed by atoms with E-state index < -0.39 is 0 Å². The summed E-state index contributed by atoms with van der Waals surface area (Å²) in [4.78, 5) is 24.2. The third kappa shape index (κ3) is 4.47. The van der Waals surface area contributed by atoms with E-state index in [0.717, 1.165) is 29.8 Å². The second-order valence-electron chi connectivity index (χ2n) is 8.40. The van der Waals surface area contributed by atoms with E-state index in [1.54, 1.807) is 4.68 Å². The summed E-state index contributed by atoms with van der Waals surface area (Å²) >= 11 is 0. The highest BCUT2D eigenvalue weighted by molar-refractivity contribution is 5.98. The first-order valence-corrected chi connectivity index (χ1v) is 10.9. The van der Waals surface area contributed by atoms with Crippen LogP contribution in [0.1, 0.15) is 46.9 Å². The monoisotopic (exact) mass is 429 g/mol. The van der Waals surface area contributed by atoms with Crippen molar-refractivity contribution in [3.05, 3.63) is 65.2 Å². The number of nitrogens with one attached hydrogen (secondary N) is 1. The number of aromatic nitrogens is 4. The van der Waals surface area contributed by atoms with E-state index in [9.17, 15) is 4.79 Å². The molecule has 1 aliphatic rings. The van der Waals surface area contributed by atoms with Crippen LogP contribution in [0.25, 0.3) is 5.69 Å². The first kappa shape index (κ1) is 21.5. The van der Waals surface area contributed by atoms with Gasteiger partial charge in [0, 0.05) is 19.3 Å². The topological polar surface area (TPSA) is 99.7 Å². The summed E-state index contributed by atoms with van der Waals surface area (Å²) in [6.45, 7) is 7.36. The van der Waals surface area contributed by atoms with Crippen molar-refractivity contribution in [3.63, 3.8) is 0 Å². The fourth-order valence-corrected chi connectivity index (χ4v) is 4.21. The van der Waals surface area contributed by atoms with E-state index in [1.165, 1.54) is 12.4 Å². The molecule has 1 aromatic carbocycles. The van der Waals surface area contributed by atoms with Gasteiger partial charge in [-0.25, -0.2) is 14.6 Å². The number of rotatable bonds is 5. The second-order valence-corrected chi connectivity index (χ2v) is 8.40. The predicted molar refractivity (Wildman–Crippen MR) is 121 cm³/mol. The number of piperidine rings is 1. The molecule has 0 spiro atoms. The molecule has 0 saturated carbocycles. The summed E-state index contributed by atoms with van der Waals surface area (Å²) in [6.07, 6.45) is 6.90. The highest BCUT2D eigenvalue weighted by Gasteiger charge is 2.33. The number of nitrogens with zero attached hydrogens (tertiary/aromatic N) is 6. The first-order valence-electron chi connectivity index (χ1n) is 10.9. The fraction of sp³-hybridized carbons (Fsp3) is 0.375. The number of benzene rings is 1. The Morgan fingerprint density at radius 3 is 2.72 bits per heavy atom. The minimum atomic E-state index is 0.00298. The molecular weight excluding hydrogens is 402 g/mol. The highest BCUT2D eigenvalue weighted by Crippen LogP contribution is 2.27. The SMILES string of the molecule is Cc1ccc(-n2ccc(C)n2)c(C(=O)N2CCCC(C)C2CNc2ncc(C#N)cn2)c1. The first-order chi connectivity index (χ1) is 15.5. The lowest BCUT2D eigenvalue weighted by atomic mass is 9.90. The van der Waals surface area contributed by atoms with Crippen molar-refractivity contribution in [1.82, 2.24) is 24.6 Å².